The Hall–Kier alpha value is -3.64. The zero-order chi connectivity index (χ0) is 22.6. The summed E-state index contributed by atoms with van der Waals surface area (Å²) < 4.78 is 8.73. The summed E-state index contributed by atoms with van der Waals surface area (Å²) in [6.07, 6.45) is 1.02. The van der Waals surface area contributed by atoms with Gasteiger partial charge in [0.2, 0.25) is 11.2 Å². The number of fused-ring (bicyclic) bond motifs is 4. The molecule has 0 amide bonds. The predicted octanol–water partition coefficient (Wildman–Crippen LogP) is 6.92. The van der Waals surface area contributed by atoms with Gasteiger partial charge in [0.1, 0.15) is 18.2 Å². The Morgan fingerprint density at radius 3 is 2.50 bits per heavy atom. The molecule has 32 heavy (non-hydrogen) atoms. The van der Waals surface area contributed by atoms with Crippen LogP contribution in [0.5, 0.6) is 0 Å². The van der Waals surface area contributed by atoms with Gasteiger partial charge in [0.05, 0.1) is 17.2 Å². The quantitative estimate of drug-likeness (QED) is 0.298. The van der Waals surface area contributed by atoms with Crippen LogP contribution < -0.4 is 4.57 Å². The van der Waals surface area contributed by atoms with Crippen molar-refractivity contribution in [3.63, 3.8) is 0 Å². The fraction of sp³-hybridized carbons (Fsp3) is 0.241. The molecule has 0 saturated carbocycles. The molecule has 0 unspecified atom stereocenters. The van der Waals surface area contributed by atoms with Gasteiger partial charge in [0, 0.05) is 28.3 Å². The molecule has 0 N–H and O–H groups in total. The number of aryl methyl sites for hydroxylation is 2. The molecule has 0 bridgehead atoms. The third kappa shape index (κ3) is 3.07. The van der Waals surface area contributed by atoms with E-state index in [1.54, 1.807) is 0 Å². The molecular weight excluding hydrogens is 392 g/mol. The van der Waals surface area contributed by atoms with Gasteiger partial charge in [-0.3, -0.25) is 0 Å². The zero-order valence-electron chi connectivity index (χ0n) is 19.3. The lowest BCUT2D eigenvalue weighted by atomic mass is 9.92. The van der Waals surface area contributed by atoms with Crippen LogP contribution in [0.15, 0.2) is 59.0 Å². The Kier molecular flexibility index (Phi) is 4.75. The molecule has 0 aliphatic carbocycles. The van der Waals surface area contributed by atoms with E-state index in [0.29, 0.717) is 11.5 Å². The molecule has 3 heteroatoms. The lowest BCUT2D eigenvalue weighted by molar-refractivity contribution is -0.633. The van der Waals surface area contributed by atoms with Crippen LogP contribution in [0, 0.1) is 31.1 Å². The number of aromatic nitrogens is 1. The van der Waals surface area contributed by atoms with Crippen LogP contribution in [-0.4, -0.2) is 0 Å². The van der Waals surface area contributed by atoms with Crippen molar-refractivity contribution in [2.24, 2.45) is 13.0 Å². The molecule has 158 valence electrons. The Balaban J connectivity index is 1.91. The normalized spacial score (nSPS) is 11.7. The molecule has 0 saturated heterocycles. The average molecular weight is 420 g/mol. The van der Waals surface area contributed by atoms with Gasteiger partial charge in [-0.25, -0.2) is 0 Å². The number of rotatable bonds is 3. The van der Waals surface area contributed by atoms with Crippen molar-refractivity contribution in [2.75, 3.05) is 0 Å². The Morgan fingerprint density at radius 1 is 0.969 bits per heavy atom. The number of hydrogen-bond acceptors (Lipinski definition) is 2. The summed E-state index contributed by atoms with van der Waals surface area (Å²) in [5, 5.41) is 12.8. The third-order valence-corrected chi connectivity index (χ3v) is 6.58. The van der Waals surface area contributed by atoms with E-state index in [2.05, 4.69) is 81.8 Å². The zero-order valence-corrected chi connectivity index (χ0v) is 19.3. The van der Waals surface area contributed by atoms with Crippen LogP contribution in [0.1, 0.15) is 36.1 Å². The van der Waals surface area contributed by atoms with E-state index < -0.39 is 0 Å². The highest BCUT2D eigenvalue weighted by atomic mass is 16.3. The van der Waals surface area contributed by atoms with E-state index in [1.807, 2.05) is 18.2 Å². The van der Waals surface area contributed by atoms with Gasteiger partial charge in [-0.1, -0.05) is 26.0 Å². The van der Waals surface area contributed by atoms with E-state index in [1.165, 1.54) is 27.6 Å². The number of furan rings is 1. The van der Waals surface area contributed by atoms with Gasteiger partial charge in [-0.15, -0.1) is 0 Å². The lowest BCUT2D eigenvalue weighted by Gasteiger charge is -2.13. The maximum atomic E-state index is 9.34. The summed E-state index contributed by atoms with van der Waals surface area (Å²) in [4.78, 5) is 0. The first kappa shape index (κ1) is 20.3. The molecule has 0 aliphatic heterocycles. The molecule has 0 radical (unpaired) electrons. The van der Waals surface area contributed by atoms with Gasteiger partial charge in [0.25, 0.3) is 0 Å². The first-order valence-electron chi connectivity index (χ1n) is 11.2. The number of pyridine rings is 1. The summed E-state index contributed by atoms with van der Waals surface area (Å²) >= 11 is 0. The second kappa shape index (κ2) is 7.50. The summed E-state index contributed by atoms with van der Waals surface area (Å²) in [5.41, 5.74) is 9.59. The molecule has 3 aromatic carbocycles. The van der Waals surface area contributed by atoms with Crippen LogP contribution >= 0.6 is 0 Å². The Labute approximate surface area is 188 Å². The molecule has 5 aromatic rings. The van der Waals surface area contributed by atoms with Crippen LogP contribution in [0.3, 0.4) is 0 Å². The van der Waals surface area contributed by atoms with Crippen molar-refractivity contribution in [3.05, 3.63) is 76.9 Å². The lowest BCUT2D eigenvalue weighted by Crippen LogP contribution is -2.33. The van der Waals surface area contributed by atoms with Gasteiger partial charge < -0.3 is 4.42 Å². The molecule has 2 aromatic heterocycles. The largest absolute Gasteiger partial charge is 0.455 e. The maximum absolute atomic E-state index is 9.34. The summed E-state index contributed by atoms with van der Waals surface area (Å²) in [6.45, 7) is 8.87. The van der Waals surface area contributed by atoms with Gasteiger partial charge in [-0.05, 0) is 73.2 Å². The number of nitrogens with zero attached hydrogens (tertiary/aromatic N) is 2. The highest BCUT2D eigenvalue weighted by molar-refractivity contribution is 6.10. The fourth-order valence-electron chi connectivity index (χ4n) is 4.87. The second-order valence-corrected chi connectivity index (χ2v) is 9.22. The van der Waals surface area contributed by atoms with Gasteiger partial charge in [0.15, 0.2) is 0 Å². The molecule has 2 heterocycles. The van der Waals surface area contributed by atoms with E-state index in [0.717, 1.165) is 39.6 Å². The topological polar surface area (TPSA) is 40.8 Å². The van der Waals surface area contributed by atoms with Crippen molar-refractivity contribution in [3.8, 4) is 17.3 Å². The van der Waals surface area contributed by atoms with Crippen LogP contribution in [0.2, 0.25) is 0 Å². The molecule has 0 atom stereocenters. The predicted molar refractivity (Wildman–Crippen MR) is 131 cm³/mol. The molecule has 0 spiro atoms. The summed E-state index contributed by atoms with van der Waals surface area (Å²) in [5.74, 6) is 0.563. The van der Waals surface area contributed by atoms with Crippen molar-refractivity contribution in [1.82, 2.24) is 0 Å². The smallest absolute Gasteiger partial charge is 0.217 e. The SMILES string of the molecule is Cc1cc2c(oc3cc(C#N)ccc32)c(-c2cc(CC(C)C)c3ccccc3[n+]2C)c1C. The molecule has 0 aliphatic rings. The molecule has 3 nitrogen and oxygen atoms in total. The monoisotopic (exact) mass is 419 g/mol. The number of nitriles is 1. The van der Waals surface area contributed by atoms with E-state index in [4.69, 9.17) is 4.42 Å². The van der Waals surface area contributed by atoms with Gasteiger partial charge >= 0.3 is 0 Å². The van der Waals surface area contributed by atoms with Crippen molar-refractivity contribution in [1.29, 1.82) is 5.26 Å². The first-order valence-corrected chi connectivity index (χ1v) is 11.2. The number of benzene rings is 3. The van der Waals surface area contributed by atoms with E-state index >= 15 is 0 Å². The van der Waals surface area contributed by atoms with E-state index in [9.17, 15) is 5.26 Å². The Morgan fingerprint density at radius 2 is 1.75 bits per heavy atom. The average Bonchev–Trinajstić information content (AvgIpc) is 3.13. The fourth-order valence-corrected chi connectivity index (χ4v) is 4.87. The van der Waals surface area contributed by atoms with Crippen molar-refractivity contribution < 1.29 is 8.98 Å². The summed E-state index contributed by atoms with van der Waals surface area (Å²) in [7, 11) is 2.14. The van der Waals surface area contributed by atoms with Crippen LogP contribution in [0.4, 0.5) is 0 Å². The maximum Gasteiger partial charge on any atom is 0.217 e. The molecule has 0 fully saturated rings. The molecule has 5 rings (SSSR count). The number of hydrogen-bond donors (Lipinski definition) is 0. The Bertz CT molecular complexity index is 1560. The van der Waals surface area contributed by atoms with Crippen molar-refractivity contribution in [2.45, 2.75) is 34.1 Å². The second-order valence-electron chi connectivity index (χ2n) is 9.22. The molecular formula is C29H27N2O+. The third-order valence-electron chi connectivity index (χ3n) is 6.58. The van der Waals surface area contributed by atoms with E-state index in [-0.39, 0.29) is 0 Å². The van der Waals surface area contributed by atoms with Crippen molar-refractivity contribution >= 4 is 32.8 Å². The highest BCUT2D eigenvalue weighted by Gasteiger charge is 2.25. The van der Waals surface area contributed by atoms with Gasteiger partial charge in [-0.2, -0.15) is 9.83 Å². The summed E-state index contributed by atoms with van der Waals surface area (Å²) in [6, 6.07) is 21.1. The minimum absolute atomic E-state index is 0.563. The highest BCUT2D eigenvalue weighted by Crippen LogP contribution is 2.39. The minimum Gasteiger partial charge on any atom is -0.455 e. The number of para-hydroxylation sites is 1. The standard InChI is InChI=1S/C29H27N2O/c1-17(2)12-21-15-26(31(5)25-9-7-6-8-22(21)25)28-19(4)18(3)13-24-23-11-10-20(16-30)14-27(23)32-29(24)28/h6-11,13-15,17H,12H2,1-5H3/q+1. The van der Waals surface area contributed by atoms with Crippen LogP contribution in [0.25, 0.3) is 44.1 Å². The minimum atomic E-state index is 0.563. The first-order chi connectivity index (χ1) is 15.4. The van der Waals surface area contributed by atoms with Crippen LogP contribution in [-0.2, 0) is 13.5 Å².